The van der Waals surface area contributed by atoms with Crippen molar-refractivity contribution in [2.24, 2.45) is 0 Å². The van der Waals surface area contributed by atoms with E-state index in [1.165, 1.54) is 0 Å². The van der Waals surface area contributed by atoms with Crippen LogP contribution < -0.4 is 5.46 Å². The van der Waals surface area contributed by atoms with Gasteiger partial charge in [-0.05, 0) is 29.7 Å². The summed E-state index contributed by atoms with van der Waals surface area (Å²) in [4.78, 5) is 0. The van der Waals surface area contributed by atoms with Crippen molar-refractivity contribution in [3.05, 3.63) is 36.7 Å². The van der Waals surface area contributed by atoms with Crippen LogP contribution in [0.25, 0.3) is 5.52 Å². The Hall–Kier alpha value is -1.26. The Morgan fingerprint density at radius 2 is 2.00 bits per heavy atom. The lowest BCUT2D eigenvalue weighted by molar-refractivity contribution is 0.426. The maximum Gasteiger partial charge on any atom is 0.488 e. The van der Waals surface area contributed by atoms with Gasteiger partial charge in [-0.25, -0.2) is 0 Å². The van der Waals surface area contributed by atoms with Crippen molar-refractivity contribution < 1.29 is 10.0 Å². The normalized spacial score (nSPS) is 10.5. The second-order valence-corrected chi connectivity index (χ2v) is 2.67. The van der Waals surface area contributed by atoms with Gasteiger partial charge in [0.2, 0.25) is 0 Å². The van der Waals surface area contributed by atoms with E-state index in [0.29, 0.717) is 5.46 Å². The molecular formula is C8H8BNO2. The van der Waals surface area contributed by atoms with Crippen LogP contribution in [0.1, 0.15) is 0 Å². The van der Waals surface area contributed by atoms with Crippen LogP contribution in [0.5, 0.6) is 0 Å². The summed E-state index contributed by atoms with van der Waals surface area (Å²) < 4.78 is 1.91. The van der Waals surface area contributed by atoms with Crippen molar-refractivity contribution in [3.63, 3.8) is 0 Å². The molecule has 4 heteroatoms. The Balaban J connectivity index is 2.60. The number of aromatic nitrogens is 1. The standard InChI is InChI=1S/C8H8BNO2/c11-9(12)7-3-5-10-4-1-2-8(10)6-7/h1-6,11-12H. The molecule has 0 aromatic carbocycles. The molecule has 3 nitrogen and oxygen atoms in total. The summed E-state index contributed by atoms with van der Waals surface area (Å²) in [5.41, 5.74) is 1.47. The zero-order valence-corrected chi connectivity index (χ0v) is 6.38. The minimum Gasteiger partial charge on any atom is -0.423 e. The molecule has 0 saturated carbocycles. The molecule has 0 fully saturated rings. The first-order valence-corrected chi connectivity index (χ1v) is 3.70. The third-order valence-corrected chi connectivity index (χ3v) is 1.85. The fraction of sp³-hybridized carbons (Fsp3) is 0. The predicted octanol–water partition coefficient (Wildman–Crippen LogP) is -0.381. The fourth-order valence-electron chi connectivity index (χ4n) is 1.21. The molecule has 0 unspecified atom stereocenters. The van der Waals surface area contributed by atoms with E-state index < -0.39 is 7.12 Å². The van der Waals surface area contributed by atoms with Crippen molar-refractivity contribution in [3.8, 4) is 0 Å². The van der Waals surface area contributed by atoms with Gasteiger partial charge in [-0.15, -0.1) is 0 Å². The average Bonchev–Trinajstić information content (AvgIpc) is 2.49. The van der Waals surface area contributed by atoms with Crippen LogP contribution in [0.4, 0.5) is 0 Å². The zero-order chi connectivity index (χ0) is 8.55. The summed E-state index contributed by atoms with van der Waals surface area (Å²) in [6, 6.07) is 7.23. The number of hydrogen-bond donors (Lipinski definition) is 2. The number of hydrogen-bond acceptors (Lipinski definition) is 2. The SMILES string of the molecule is OB(O)c1ccn2cccc2c1. The third-order valence-electron chi connectivity index (χ3n) is 1.85. The molecule has 2 heterocycles. The highest BCUT2D eigenvalue weighted by molar-refractivity contribution is 6.58. The van der Waals surface area contributed by atoms with Gasteiger partial charge in [0.25, 0.3) is 0 Å². The van der Waals surface area contributed by atoms with Crippen LogP contribution >= 0.6 is 0 Å². The summed E-state index contributed by atoms with van der Waals surface area (Å²) in [6.07, 6.45) is 3.70. The number of rotatable bonds is 1. The topological polar surface area (TPSA) is 44.9 Å². The molecule has 0 aliphatic rings. The van der Waals surface area contributed by atoms with Crippen LogP contribution in [-0.2, 0) is 0 Å². The molecule has 0 saturated heterocycles. The van der Waals surface area contributed by atoms with Gasteiger partial charge < -0.3 is 14.4 Å². The summed E-state index contributed by atoms with van der Waals surface area (Å²) in [5, 5.41) is 17.7. The zero-order valence-electron chi connectivity index (χ0n) is 6.38. The molecule has 2 N–H and O–H groups in total. The summed E-state index contributed by atoms with van der Waals surface area (Å²) in [6.45, 7) is 0. The molecule has 0 atom stereocenters. The van der Waals surface area contributed by atoms with Crippen LogP contribution in [-0.4, -0.2) is 21.6 Å². The van der Waals surface area contributed by atoms with E-state index in [1.807, 2.05) is 22.7 Å². The molecule has 0 spiro atoms. The minimum absolute atomic E-state index is 0.515. The molecule has 0 aliphatic heterocycles. The molecular weight excluding hydrogens is 153 g/mol. The first kappa shape index (κ1) is 7.40. The van der Waals surface area contributed by atoms with Gasteiger partial charge in [0.15, 0.2) is 0 Å². The van der Waals surface area contributed by atoms with E-state index in [9.17, 15) is 0 Å². The fourth-order valence-corrected chi connectivity index (χ4v) is 1.21. The van der Waals surface area contributed by atoms with Gasteiger partial charge in [0, 0.05) is 17.9 Å². The van der Waals surface area contributed by atoms with E-state index in [0.717, 1.165) is 5.52 Å². The van der Waals surface area contributed by atoms with E-state index in [4.69, 9.17) is 10.0 Å². The maximum atomic E-state index is 8.87. The highest BCUT2D eigenvalue weighted by atomic mass is 16.4. The van der Waals surface area contributed by atoms with E-state index in [-0.39, 0.29) is 0 Å². The summed E-state index contributed by atoms with van der Waals surface area (Å²) in [7, 11) is -1.38. The van der Waals surface area contributed by atoms with Crippen molar-refractivity contribution in [2.45, 2.75) is 0 Å². The van der Waals surface area contributed by atoms with Gasteiger partial charge in [-0.2, -0.15) is 0 Å². The molecule has 0 amide bonds. The molecule has 2 aromatic rings. The third kappa shape index (κ3) is 1.11. The first-order valence-electron chi connectivity index (χ1n) is 3.70. The highest BCUT2D eigenvalue weighted by Gasteiger charge is 2.10. The molecule has 2 rings (SSSR count). The lowest BCUT2D eigenvalue weighted by Crippen LogP contribution is -2.29. The molecule has 0 bridgehead atoms. The lowest BCUT2D eigenvalue weighted by Gasteiger charge is -1.99. The predicted molar refractivity (Wildman–Crippen MR) is 47.2 cm³/mol. The Labute approximate surface area is 70.0 Å². The second kappa shape index (κ2) is 2.66. The Kier molecular flexibility index (Phi) is 1.64. The van der Waals surface area contributed by atoms with Crippen molar-refractivity contribution in [1.82, 2.24) is 4.40 Å². The molecule has 0 radical (unpaired) electrons. The molecule has 0 aliphatic carbocycles. The van der Waals surface area contributed by atoms with Crippen LogP contribution in [0, 0.1) is 0 Å². The quantitative estimate of drug-likeness (QED) is 0.560. The first-order chi connectivity index (χ1) is 5.77. The van der Waals surface area contributed by atoms with Crippen molar-refractivity contribution in [1.29, 1.82) is 0 Å². The van der Waals surface area contributed by atoms with Gasteiger partial charge in [0.05, 0.1) is 0 Å². The minimum atomic E-state index is -1.38. The monoisotopic (exact) mass is 161 g/mol. The Morgan fingerprint density at radius 1 is 1.17 bits per heavy atom. The number of nitrogens with zero attached hydrogens (tertiary/aromatic N) is 1. The largest absolute Gasteiger partial charge is 0.488 e. The molecule has 60 valence electrons. The lowest BCUT2D eigenvalue weighted by atomic mass is 9.81. The molecule has 2 aromatic heterocycles. The van der Waals surface area contributed by atoms with Crippen molar-refractivity contribution in [2.75, 3.05) is 0 Å². The van der Waals surface area contributed by atoms with Gasteiger partial charge in [-0.3, -0.25) is 0 Å². The van der Waals surface area contributed by atoms with Crippen molar-refractivity contribution >= 4 is 18.1 Å². The van der Waals surface area contributed by atoms with E-state index in [2.05, 4.69) is 0 Å². The summed E-state index contributed by atoms with van der Waals surface area (Å²) >= 11 is 0. The van der Waals surface area contributed by atoms with Crippen LogP contribution in [0.15, 0.2) is 36.7 Å². The van der Waals surface area contributed by atoms with Gasteiger partial charge in [-0.1, -0.05) is 0 Å². The van der Waals surface area contributed by atoms with Crippen LogP contribution in [0.3, 0.4) is 0 Å². The number of fused-ring (bicyclic) bond motifs is 1. The summed E-state index contributed by atoms with van der Waals surface area (Å²) in [5.74, 6) is 0. The molecule has 12 heavy (non-hydrogen) atoms. The van der Waals surface area contributed by atoms with Gasteiger partial charge in [0.1, 0.15) is 0 Å². The Morgan fingerprint density at radius 3 is 2.75 bits per heavy atom. The maximum absolute atomic E-state index is 8.87. The average molecular weight is 161 g/mol. The number of pyridine rings is 1. The smallest absolute Gasteiger partial charge is 0.423 e. The van der Waals surface area contributed by atoms with E-state index >= 15 is 0 Å². The second-order valence-electron chi connectivity index (χ2n) is 2.67. The van der Waals surface area contributed by atoms with Gasteiger partial charge >= 0.3 is 7.12 Å². The highest BCUT2D eigenvalue weighted by Crippen LogP contribution is 2.01. The Bertz CT molecular complexity index is 397. The van der Waals surface area contributed by atoms with E-state index in [1.54, 1.807) is 18.3 Å². The van der Waals surface area contributed by atoms with Crippen LogP contribution in [0.2, 0.25) is 0 Å².